The lowest BCUT2D eigenvalue weighted by molar-refractivity contribution is -0.125. The highest BCUT2D eigenvalue weighted by atomic mass is 19.2. The summed E-state index contributed by atoms with van der Waals surface area (Å²) in [5.74, 6) is -2.22. The van der Waals surface area contributed by atoms with E-state index in [0.29, 0.717) is 51.3 Å². The second kappa shape index (κ2) is 12.2. The van der Waals surface area contributed by atoms with Crippen molar-refractivity contribution >= 4 is 23.5 Å². The molecule has 1 unspecified atom stereocenters. The number of piperazine rings is 1. The molecule has 1 atom stereocenters. The number of benzene rings is 1. The summed E-state index contributed by atoms with van der Waals surface area (Å²) in [6, 6.07) is 2.66. The Balaban J connectivity index is 1.67. The maximum atomic E-state index is 14.0. The molecule has 2 aliphatic rings. The molecule has 0 aliphatic carbocycles. The number of anilines is 1. The van der Waals surface area contributed by atoms with Crippen molar-refractivity contribution in [3.05, 3.63) is 46.9 Å². The smallest absolute Gasteiger partial charge is 0.274 e. The zero-order valence-electron chi connectivity index (χ0n) is 23.0. The molecule has 9 nitrogen and oxygen atoms in total. The molecule has 0 bridgehead atoms. The van der Waals surface area contributed by atoms with Crippen LogP contribution in [0.25, 0.3) is 0 Å². The quantitative estimate of drug-likeness (QED) is 0.522. The van der Waals surface area contributed by atoms with Crippen molar-refractivity contribution in [3.8, 4) is 0 Å². The number of nitrogens with two attached hydrogens (primary N) is 1. The molecular weight excluding hydrogens is 506 g/mol. The summed E-state index contributed by atoms with van der Waals surface area (Å²) < 4.78 is 29.5. The second-order valence-corrected chi connectivity index (χ2v) is 10.7. The van der Waals surface area contributed by atoms with Crippen molar-refractivity contribution in [1.82, 2.24) is 19.4 Å². The number of carbonyl (C=O) groups is 3. The molecule has 3 amide bonds. The minimum absolute atomic E-state index is 0.00540. The standard InChI is InChI=1S/C28H38F2N6O3/c1-4-5-11-36(27(38)19-9-10-20(29)21(30)17-19)26-24(35-12-7-6-8-22(35)32-26)28(39)34-15-13-33(14-16-34)23(18(2)3)25(31)37/h9-10,17-18,23H,4-8,11-16H2,1-3H3,(H2,31,37). The molecule has 0 spiro atoms. The highest BCUT2D eigenvalue weighted by molar-refractivity contribution is 6.09. The maximum Gasteiger partial charge on any atom is 0.274 e. The first kappa shape index (κ1) is 28.7. The number of hydrogen-bond acceptors (Lipinski definition) is 5. The maximum absolute atomic E-state index is 14.0. The fourth-order valence-corrected chi connectivity index (χ4v) is 5.56. The van der Waals surface area contributed by atoms with E-state index >= 15 is 0 Å². The lowest BCUT2D eigenvalue weighted by atomic mass is 10.0. The molecule has 0 saturated carbocycles. The van der Waals surface area contributed by atoms with Gasteiger partial charge in [-0.1, -0.05) is 27.2 Å². The van der Waals surface area contributed by atoms with E-state index in [1.165, 1.54) is 11.0 Å². The van der Waals surface area contributed by atoms with Gasteiger partial charge in [0.1, 0.15) is 5.82 Å². The first-order valence-corrected chi connectivity index (χ1v) is 13.8. The third kappa shape index (κ3) is 5.98. The van der Waals surface area contributed by atoms with Gasteiger partial charge in [0.05, 0.1) is 6.04 Å². The van der Waals surface area contributed by atoms with Crippen LogP contribution in [0.4, 0.5) is 14.6 Å². The van der Waals surface area contributed by atoms with Gasteiger partial charge in [-0.25, -0.2) is 13.8 Å². The Morgan fingerprint density at radius 3 is 2.38 bits per heavy atom. The molecule has 39 heavy (non-hydrogen) atoms. The van der Waals surface area contributed by atoms with Gasteiger partial charge in [0.2, 0.25) is 5.91 Å². The molecule has 212 valence electrons. The van der Waals surface area contributed by atoms with Gasteiger partial charge >= 0.3 is 0 Å². The number of amides is 3. The van der Waals surface area contributed by atoms with Crippen LogP contribution in [-0.2, 0) is 17.8 Å². The highest BCUT2D eigenvalue weighted by Crippen LogP contribution is 2.30. The number of rotatable bonds is 9. The van der Waals surface area contributed by atoms with E-state index in [1.54, 1.807) is 4.90 Å². The van der Waals surface area contributed by atoms with E-state index in [0.717, 1.165) is 37.2 Å². The summed E-state index contributed by atoms with van der Waals surface area (Å²) in [4.78, 5) is 49.7. The van der Waals surface area contributed by atoms with Crippen LogP contribution in [0.2, 0.25) is 0 Å². The molecular formula is C28H38F2N6O3. The van der Waals surface area contributed by atoms with Crippen LogP contribution in [0.3, 0.4) is 0 Å². The van der Waals surface area contributed by atoms with Gasteiger partial charge in [-0.2, -0.15) is 0 Å². The molecule has 1 aromatic heterocycles. The fraction of sp³-hybridized carbons (Fsp3) is 0.571. The van der Waals surface area contributed by atoms with E-state index in [4.69, 9.17) is 10.7 Å². The van der Waals surface area contributed by atoms with Gasteiger partial charge in [0.25, 0.3) is 11.8 Å². The molecule has 4 rings (SSSR count). The number of aromatic nitrogens is 2. The van der Waals surface area contributed by atoms with Gasteiger partial charge < -0.3 is 15.2 Å². The number of fused-ring (bicyclic) bond motifs is 1. The van der Waals surface area contributed by atoms with Crippen LogP contribution in [0.15, 0.2) is 18.2 Å². The Kier molecular flexibility index (Phi) is 8.99. The summed E-state index contributed by atoms with van der Waals surface area (Å²) >= 11 is 0. The normalized spacial score (nSPS) is 16.7. The molecule has 3 heterocycles. The fourth-order valence-electron chi connectivity index (χ4n) is 5.56. The molecule has 2 aliphatic heterocycles. The number of imidazole rings is 1. The van der Waals surface area contributed by atoms with E-state index < -0.39 is 23.6 Å². The average molecular weight is 545 g/mol. The molecule has 1 aromatic carbocycles. The van der Waals surface area contributed by atoms with E-state index in [-0.39, 0.29) is 35.7 Å². The predicted octanol–water partition coefficient (Wildman–Crippen LogP) is 3.21. The number of hydrogen-bond donors (Lipinski definition) is 1. The number of aryl methyl sites for hydroxylation is 1. The zero-order valence-corrected chi connectivity index (χ0v) is 23.0. The topological polar surface area (TPSA) is 105 Å². The largest absolute Gasteiger partial charge is 0.368 e. The molecule has 2 N–H and O–H groups in total. The lowest BCUT2D eigenvalue weighted by Crippen LogP contribution is -2.57. The third-order valence-corrected chi connectivity index (χ3v) is 7.58. The Morgan fingerprint density at radius 1 is 1.05 bits per heavy atom. The number of halogens is 2. The molecule has 1 fully saturated rings. The van der Waals surface area contributed by atoms with Crippen LogP contribution in [0, 0.1) is 17.6 Å². The van der Waals surface area contributed by atoms with Crippen molar-refractivity contribution in [1.29, 1.82) is 0 Å². The van der Waals surface area contributed by atoms with Crippen LogP contribution in [-0.4, -0.2) is 75.8 Å². The van der Waals surface area contributed by atoms with Crippen molar-refractivity contribution in [3.63, 3.8) is 0 Å². The average Bonchev–Trinajstić information content (AvgIpc) is 3.29. The van der Waals surface area contributed by atoms with Crippen molar-refractivity contribution < 1.29 is 23.2 Å². The Hall–Kier alpha value is -3.34. The Morgan fingerprint density at radius 2 is 1.77 bits per heavy atom. The second-order valence-electron chi connectivity index (χ2n) is 10.7. The van der Waals surface area contributed by atoms with Gasteiger partial charge in [0, 0.05) is 51.3 Å². The first-order chi connectivity index (χ1) is 18.6. The first-order valence-electron chi connectivity index (χ1n) is 13.8. The monoisotopic (exact) mass is 544 g/mol. The van der Waals surface area contributed by atoms with Crippen molar-refractivity contribution in [2.24, 2.45) is 11.7 Å². The summed E-state index contributed by atoms with van der Waals surface area (Å²) in [7, 11) is 0. The summed E-state index contributed by atoms with van der Waals surface area (Å²) in [6.07, 6.45) is 3.94. The number of nitrogens with zero attached hydrogens (tertiary/aromatic N) is 5. The predicted molar refractivity (Wildman–Crippen MR) is 143 cm³/mol. The summed E-state index contributed by atoms with van der Waals surface area (Å²) in [5.41, 5.74) is 5.99. The van der Waals surface area contributed by atoms with Gasteiger partial charge in [0.15, 0.2) is 23.1 Å². The molecule has 11 heteroatoms. The van der Waals surface area contributed by atoms with Gasteiger partial charge in [-0.3, -0.25) is 24.2 Å². The van der Waals surface area contributed by atoms with E-state index in [9.17, 15) is 23.2 Å². The SMILES string of the molecule is CCCCN(C(=O)c1ccc(F)c(F)c1)c1nc2n(c1C(=O)N1CCN(C(C(N)=O)C(C)C)CC1)CCCC2. The zero-order chi connectivity index (χ0) is 28.3. The highest BCUT2D eigenvalue weighted by Gasteiger charge is 2.36. The van der Waals surface area contributed by atoms with Gasteiger partial charge in [-0.05, 0) is 43.4 Å². The molecule has 1 saturated heterocycles. The van der Waals surface area contributed by atoms with Crippen LogP contribution in [0.5, 0.6) is 0 Å². The third-order valence-electron chi connectivity index (χ3n) is 7.58. The van der Waals surface area contributed by atoms with E-state index in [2.05, 4.69) is 0 Å². The number of carbonyl (C=O) groups excluding carboxylic acids is 3. The van der Waals surface area contributed by atoms with Crippen LogP contribution in [0.1, 0.15) is 73.1 Å². The molecule has 0 radical (unpaired) electrons. The summed E-state index contributed by atoms with van der Waals surface area (Å²) in [5, 5.41) is 0. The van der Waals surface area contributed by atoms with Crippen LogP contribution >= 0.6 is 0 Å². The Labute approximate surface area is 227 Å². The minimum atomic E-state index is -1.11. The summed E-state index contributed by atoms with van der Waals surface area (Å²) in [6.45, 7) is 8.60. The molecule has 2 aromatic rings. The number of primary amides is 1. The van der Waals surface area contributed by atoms with E-state index in [1.807, 2.05) is 30.2 Å². The van der Waals surface area contributed by atoms with Crippen molar-refractivity contribution in [2.45, 2.75) is 65.5 Å². The Bertz CT molecular complexity index is 1220. The van der Waals surface area contributed by atoms with Crippen LogP contribution < -0.4 is 10.6 Å². The van der Waals surface area contributed by atoms with Crippen molar-refractivity contribution in [2.75, 3.05) is 37.6 Å². The minimum Gasteiger partial charge on any atom is -0.368 e. The lowest BCUT2D eigenvalue weighted by Gasteiger charge is -2.39. The van der Waals surface area contributed by atoms with Gasteiger partial charge in [-0.15, -0.1) is 0 Å². The number of unbranched alkanes of at least 4 members (excludes halogenated alkanes) is 1.